The van der Waals surface area contributed by atoms with Gasteiger partial charge < -0.3 is 11.1 Å². The lowest BCUT2D eigenvalue weighted by atomic mass is 10.1. The van der Waals surface area contributed by atoms with E-state index >= 15 is 0 Å². The Labute approximate surface area is 89.1 Å². The smallest absolute Gasteiger partial charge is 0.321 e. The summed E-state index contributed by atoms with van der Waals surface area (Å²) in [6.45, 7) is 3.30. The number of urea groups is 1. The van der Waals surface area contributed by atoms with Crippen molar-refractivity contribution >= 4 is 17.4 Å². The third-order valence-electron chi connectivity index (χ3n) is 2.58. The van der Waals surface area contributed by atoms with E-state index in [1.807, 2.05) is 25.1 Å². The van der Waals surface area contributed by atoms with Crippen LogP contribution in [-0.4, -0.2) is 19.1 Å². The Balaban J connectivity index is 2.27. The number of carbonyl (C=O) groups excluding carboxylic acids is 1. The van der Waals surface area contributed by atoms with E-state index in [1.54, 1.807) is 4.90 Å². The van der Waals surface area contributed by atoms with Gasteiger partial charge in [0.1, 0.15) is 0 Å². The second-order valence-electron chi connectivity index (χ2n) is 3.63. The molecule has 1 aliphatic rings. The van der Waals surface area contributed by atoms with Crippen LogP contribution in [0.5, 0.6) is 0 Å². The topological polar surface area (TPSA) is 58.4 Å². The van der Waals surface area contributed by atoms with Crippen LogP contribution in [0.2, 0.25) is 0 Å². The number of nitrogen functional groups attached to an aromatic ring is 1. The van der Waals surface area contributed by atoms with Crippen molar-refractivity contribution in [1.82, 2.24) is 5.32 Å². The van der Waals surface area contributed by atoms with E-state index in [9.17, 15) is 4.79 Å². The molecule has 0 spiro atoms. The number of rotatable bonds is 1. The molecule has 15 heavy (non-hydrogen) atoms. The van der Waals surface area contributed by atoms with Crippen LogP contribution in [0, 0.1) is 0 Å². The molecule has 1 aromatic carbocycles. The number of hydrogen-bond donors (Lipinski definition) is 2. The highest BCUT2D eigenvalue weighted by molar-refractivity contribution is 5.94. The summed E-state index contributed by atoms with van der Waals surface area (Å²) in [7, 11) is 0. The molecule has 0 bridgehead atoms. The highest BCUT2D eigenvalue weighted by Gasteiger charge is 2.23. The first kappa shape index (κ1) is 9.83. The lowest BCUT2D eigenvalue weighted by molar-refractivity contribution is 0.247. The van der Waals surface area contributed by atoms with Crippen molar-refractivity contribution in [2.24, 2.45) is 0 Å². The fourth-order valence-corrected chi connectivity index (χ4v) is 1.85. The minimum atomic E-state index is -0.0400. The lowest BCUT2D eigenvalue weighted by Gasteiger charge is -2.17. The zero-order valence-corrected chi connectivity index (χ0v) is 8.79. The second-order valence-corrected chi connectivity index (χ2v) is 3.63. The number of benzene rings is 1. The Bertz CT molecular complexity index is 389. The van der Waals surface area contributed by atoms with Crippen LogP contribution in [0.1, 0.15) is 12.5 Å². The van der Waals surface area contributed by atoms with Gasteiger partial charge in [0.2, 0.25) is 0 Å². The van der Waals surface area contributed by atoms with Gasteiger partial charge in [0, 0.05) is 18.8 Å². The van der Waals surface area contributed by atoms with Gasteiger partial charge in [-0.1, -0.05) is 6.07 Å². The van der Waals surface area contributed by atoms with E-state index in [2.05, 4.69) is 5.32 Å². The fraction of sp³-hybridized carbons (Fsp3) is 0.364. The van der Waals surface area contributed by atoms with Gasteiger partial charge >= 0.3 is 6.03 Å². The molecule has 0 saturated carbocycles. The largest absolute Gasteiger partial charge is 0.399 e. The minimum absolute atomic E-state index is 0.0400. The Kier molecular flexibility index (Phi) is 2.49. The summed E-state index contributed by atoms with van der Waals surface area (Å²) >= 11 is 0. The Morgan fingerprint density at radius 1 is 1.60 bits per heavy atom. The third kappa shape index (κ3) is 1.75. The van der Waals surface area contributed by atoms with Crippen molar-refractivity contribution in [3.8, 4) is 0 Å². The quantitative estimate of drug-likeness (QED) is 0.680. The number of hydrogen-bond acceptors (Lipinski definition) is 2. The van der Waals surface area contributed by atoms with Gasteiger partial charge in [0.25, 0.3) is 0 Å². The Morgan fingerprint density at radius 3 is 3.13 bits per heavy atom. The van der Waals surface area contributed by atoms with Crippen LogP contribution < -0.4 is 16.0 Å². The molecule has 1 aliphatic heterocycles. The standard InChI is InChI=1S/C11H15N3O/c1-2-13-11(15)14-6-5-8-3-4-9(12)7-10(8)14/h3-4,7H,2,5-6,12H2,1H3,(H,13,15). The van der Waals surface area contributed by atoms with E-state index in [0.717, 1.165) is 18.7 Å². The molecule has 0 aliphatic carbocycles. The summed E-state index contributed by atoms with van der Waals surface area (Å²) in [5.74, 6) is 0. The molecule has 4 heteroatoms. The fourth-order valence-electron chi connectivity index (χ4n) is 1.85. The molecule has 2 rings (SSSR count). The second kappa shape index (κ2) is 3.81. The highest BCUT2D eigenvalue weighted by atomic mass is 16.2. The maximum atomic E-state index is 11.7. The zero-order chi connectivity index (χ0) is 10.8. The molecule has 0 saturated heterocycles. The summed E-state index contributed by atoms with van der Waals surface area (Å²) in [6, 6.07) is 5.68. The number of anilines is 2. The summed E-state index contributed by atoms with van der Waals surface area (Å²) < 4.78 is 0. The molecule has 1 aromatic rings. The van der Waals surface area contributed by atoms with Gasteiger partial charge in [-0.3, -0.25) is 4.90 Å². The van der Waals surface area contributed by atoms with Crippen LogP contribution in [0.4, 0.5) is 16.2 Å². The van der Waals surface area contributed by atoms with Crippen molar-refractivity contribution in [3.05, 3.63) is 23.8 Å². The van der Waals surface area contributed by atoms with Crippen molar-refractivity contribution in [2.45, 2.75) is 13.3 Å². The third-order valence-corrected chi connectivity index (χ3v) is 2.58. The molecule has 80 valence electrons. The van der Waals surface area contributed by atoms with Crippen LogP contribution in [0.3, 0.4) is 0 Å². The number of amides is 2. The van der Waals surface area contributed by atoms with E-state index in [-0.39, 0.29) is 6.03 Å². The first-order valence-corrected chi connectivity index (χ1v) is 5.16. The average molecular weight is 205 g/mol. The molecule has 3 N–H and O–H groups in total. The molecular weight excluding hydrogens is 190 g/mol. The maximum Gasteiger partial charge on any atom is 0.321 e. The van der Waals surface area contributed by atoms with Crippen LogP contribution in [-0.2, 0) is 6.42 Å². The lowest BCUT2D eigenvalue weighted by Crippen LogP contribution is -2.38. The van der Waals surface area contributed by atoms with Gasteiger partial charge in [0.05, 0.1) is 5.69 Å². The first-order chi connectivity index (χ1) is 7.22. The first-order valence-electron chi connectivity index (χ1n) is 5.16. The van der Waals surface area contributed by atoms with E-state index in [4.69, 9.17) is 5.73 Å². The molecule has 0 radical (unpaired) electrons. The minimum Gasteiger partial charge on any atom is -0.399 e. The normalized spacial score (nSPS) is 13.8. The molecule has 0 atom stereocenters. The average Bonchev–Trinajstić information content (AvgIpc) is 2.60. The summed E-state index contributed by atoms with van der Waals surface area (Å²) in [6.07, 6.45) is 0.909. The van der Waals surface area contributed by atoms with Crippen molar-refractivity contribution in [3.63, 3.8) is 0 Å². The van der Waals surface area contributed by atoms with Gasteiger partial charge in [-0.05, 0) is 31.0 Å². The van der Waals surface area contributed by atoms with Crippen molar-refractivity contribution in [1.29, 1.82) is 0 Å². The Morgan fingerprint density at radius 2 is 2.40 bits per heavy atom. The van der Waals surface area contributed by atoms with Crippen LogP contribution in [0.15, 0.2) is 18.2 Å². The summed E-state index contributed by atoms with van der Waals surface area (Å²) in [4.78, 5) is 13.4. The zero-order valence-electron chi connectivity index (χ0n) is 8.79. The van der Waals surface area contributed by atoms with Crippen molar-refractivity contribution in [2.75, 3.05) is 23.7 Å². The Hall–Kier alpha value is -1.71. The van der Waals surface area contributed by atoms with E-state index in [1.165, 1.54) is 5.56 Å². The van der Waals surface area contributed by atoms with E-state index < -0.39 is 0 Å². The van der Waals surface area contributed by atoms with Gasteiger partial charge in [-0.25, -0.2) is 4.79 Å². The summed E-state index contributed by atoms with van der Waals surface area (Å²) in [5, 5.41) is 2.79. The van der Waals surface area contributed by atoms with Gasteiger partial charge in [0.15, 0.2) is 0 Å². The molecule has 2 amide bonds. The molecule has 4 nitrogen and oxygen atoms in total. The molecule has 0 aromatic heterocycles. The molecule has 0 unspecified atom stereocenters. The van der Waals surface area contributed by atoms with Crippen LogP contribution in [0.25, 0.3) is 0 Å². The molecule has 1 heterocycles. The SMILES string of the molecule is CCNC(=O)N1CCc2ccc(N)cc21. The van der Waals surface area contributed by atoms with Gasteiger partial charge in [-0.2, -0.15) is 0 Å². The number of fused-ring (bicyclic) bond motifs is 1. The number of nitrogens with zero attached hydrogens (tertiary/aromatic N) is 1. The molecular formula is C11H15N3O. The van der Waals surface area contributed by atoms with Gasteiger partial charge in [-0.15, -0.1) is 0 Å². The number of nitrogens with two attached hydrogens (primary N) is 1. The molecule has 0 fully saturated rings. The number of nitrogens with one attached hydrogen (secondary N) is 1. The predicted molar refractivity (Wildman–Crippen MR) is 61.0 cm³/mol. The van der Waals surface area contributed by atoms with E-state index in [0.29, 0.717) is 12.2 Å². The summed E-state index contributed by atoms with van der Waals surface area (Å²) in [5.41, 5.74) is 8.54. The highest BCUT2D eigenvalue weighted by Crippen LogP contribution is 2.29. The maximum absolute atomic E-state index is 11.7. The van der Waals surface area contributed by atoms with Crippen LogP contribution >= 0.6 is 0 Å². The number of carbonyl (C=O) groups is 1. The monoisotopic (exact) mass is 205 g/mol. The predicted octanol–water partition coefficient (Wildman–Crippen LogP) is 1.36. The van der Waals surface area contributed by atoms with Crippen molar-refractivity contribution < 1.29 is 4.79 Å².